The number of likely N-dealkylation sites (N-methyl/N-ethyl adjacent to an activating group) is 1. The third kappa shape index (κ3) is 3.74. The number of piperidine rings is 1. The summed E-state index contributed by atoms with van der Waals surface area (Å²) in [4.78, 5) is 29.0. The van der Waals surface area contributed by atoms with Gasteiger partial charge in [0.25, 0.3) is 5.69 Å². The molecule has 10 heteroatoms. The number of nitro benzene ring substituents is 1. The molecule has 4 aliphatic rings. The van der Waals surface area contributed by atoms with Gasteiger partial charge in [-0.2, -0.15) is 0 Å². The van der Waals surface area contributed by atoms with Gasteiger partial charge in [0.15, 0.2) is 11.5 Å². The Morgan fingerprint density at radius 2 is 2.07 bits per heavy atom. The molecule has 2 bridgehead atoms. The molecule has 2 aliphatic heterocycles. The highest BCUT2D eigenvalue weighted by Crippen LogP contribution is 2.67. The third-order valence-electron chi connectivity index (χ3n) is 10.2. The van der Waals surface area contributed by atoms with E-state index in [1.165, 1.54) is 24.0 Å². The molecule has 7 rings (SSSR count). The van der Waals surface area contributed by atoms with Gasteiger partial charge in [0, 0.05) is 42.4 Å². The van der Waals surface area contributed by atoms with E-state index in [1.54, 1.807) is 30.4 Å². The second kappa shape index (κ2) is 9.71. The highest BCUT2D eigenvalue weighted by molar-refractivity contribution is 5.92. The molecule has 2 fully saturated rings. The minimum atomic E-state index is -1.25. The zero-order valence-corrected chi connectivity index (χ0v) is 23.3. The number of likely N-dealkylation sites (tertiary alicyclic amines) is 1. The Morgan fingerprint density at radius 1 is 1.26 bits per heavy atom. The fourth-order valence-corrected chi connectivity index (χ4v) is 8.23. The van der Waals surface area contributed by atoms with Crippen LogP contribution in [0.2, 0.25) is 0 Å². The number of benzene rings is 2. The molecule has 10 nitrogen and oxygen atoms in total. The van der Waals surface area contributed by atoms with Crippen LogP contribution in [0.3, 0.4) is 0 Å². The van der Waals surface area contributed by atoms with E-state index in [0.717, 1.165) is 12.0 Å². The van der Waals surface area contributed by atoms with Gasteiger partial charge in [0.2, 0.25) is 5.91 Å². The highest BCUT2D eigenvalue weighted by atomic mass is 16.6. The van der Waals surface area contributed by atoms with Crippen LogP contribution in [-0.4, -0.2) is 74.8 Å². The molecule has 3 heterocycles. The Labute approximate surface area is 243 Å². The first-order valence-electron chi connectivity index (χ1n) is 14.4. The van der Waals surface area contributed by atoms with Crippen molar-refractivity contribution in [3.8, 4) is 11.5 Å². The Kier molecular flexibility index (Phi) is 6.18. The van der Waals surface area contributed by atoms with Crippen LogP contribution in [-0.2, 0) is 23.1 Å². The number of carbonyl (C=O) groups is 1. The van der Waals surface area contributed by atoms with Gasteiger partial charge in [0.05, 0.1) is 40.6 Å². The second-order valence-electron chi connectivity index (χ2n) is 12.0. The number of aliphatic hydroxyl groups is 1. The van der Waals surface area contributed by atoms with Gasteiger partial charge in [-0.3, -0.25) is 19.8 Å². The molecule has 42 heavy (non-hydrogen) atoms. The van der Waals surface area contributed by atoms with Gasteiger partial charge < -0.3 is 24.3 Å². The molecule has 2 aliphatic carbocycles. The van der Waals surface area contributed by atoms with Gasteiger partial charge in [-0.25, -0.2) is 0 Å². The predicted molar refractivity (Wildman–Crippen MR) is 153 cm³/mol. The molecule has 218 valence electrons. The van der Waals surface area contributed by atoms with Crippen LogP contribution in [0.5, 0.6) is 11.5 Å². The molecular weight excluding hydrogens is 538 g/mol. The number of hydrogen-bond acceptors (Lipinski definition) is 8. The number of amides is 1. The van der Waals surface area contributed by atoms with Gasteiger partial charge >= 0.3 is 0 Å². The molecule has 1 aromatic heterocycles. The highest BCUT2D eigenvalue weighted by Gasteiger charge is 2.74. The quantitative estimate of drug-likeness (QED) is 0.249. The number of nitro groups is 1. The molecule has 3 aromatic rings. The van der Waals surface area contributed by atoms with E-state index in [0.29, 0.717) is 43.5 Å². The molecular formula is C32H33N3O7. The summed E-state index contributed by atoms with van der Waals surface area (Å²) in [6, 6.07) is 12.3. The van der Waals surface area contributed by atoms with Crippen molar-refractivity contribution in [3.63, 3.8) is 0 Å². The topological polar surface area (TPSA) is 130 Å². The van der Waals surface area contributed by atoms with E-state index in [2.05, 4.69) is 17.0 Å². The van der Waals surface area contributed by atoms with Crippen LogP contribution in [0.4, 0.5) is 5.69 Å². The van der Waals surface area contributed by atoms with Crippen LogP contribution >= 0.6 is 0 Å². The number of nitrogens with zero attached hydrogens (tertiary/aromatic N) is 3. The summed E-state index contributed by atoms with van der Waals surface area (Å²) >= 11 is 0. The molecule has 1 spiro atoms. The minimum absolute atomic E-state index is 0.151. The zero-order valence-electron chi connectivity index (χ0n) is 23.3. The standard InChI is InChI=1S/C32H33N3O7/c1-33(27(37)8-7-21-11-16-41-19-21)23-9-12-32(38)26-17-22-24(35(39)40)18-25(36)29-28(22)31(32,30(23)42-29)13-15-34(26)14-10-20-5-3-2-4-6-20/h2-8,11,16,18-19,23,26,30,36,38H,9-10,12-15,17H2,1H3/b8-7+/t23?,26-,30?,31+,32-/m1/s1. The minimum Gasteiger partial charge on any atom is -0.504 e. The summed E-state index contributed by atoms with van der Waals surface area (Å²) in [5, 5.41) is 36.0. The van der Waals surface area contributed by atoms with E-state index < -0.39 is 28.1 Å². The largest absolute Gasteiger partial charge is 0.504 e. The molecule has 5 atom stereocenters. The number of phenols is 1. The maximum atomic E-state index is 13.3. The van der Waals surface area contributed by atoms with Crippen molar-refractivity contribution >= 4 is 17.7 Å². The van der Waals surface area contributed by atoms with Gasteiger partial charge in [-0.15, -0.1) is 0 Å². The smallest absolute Gasteiger partial charge is 0.276 e. The molecule has 2 N–H and O–H groups in total. The Morgan fingerprint density at radius 3 is 2.81 bits per heavy atom. The summed E-state index contributed by atoms with van der Waals surface area (Å²) in [6.45, 7) is 1.36. The van der Waals surface area contributed by atoms with Crippen LogP contribution in [0.15, 0.2) is 65.5 Å². The van der Waals surface area contributed by atoms with Crippen molar-refractivity contribution in [1.29, 1.82) is 0 Å². The lowest BCUT2D eigenvalue weighted by molar-refractivity contribution is -0.386. The number of ether oxygens (including phenoxy) is 1. The molecule has 2 aromatic carbocycles. The summed E-state index contributed by atoms with van der Waals surface area (Å²) in [7, 11) is 1.72. The molecule has 1 amide bonds. The van der Waals surface area contributed by atoms with Crippen molar-refractivity contribution in [2.24, 2.45) is 0 Å². The SMILES string of the molecule is CN(C(=O)/C=C/c1ccoc1)C1CC[C@@]2(O)[C@H]3Cc4c([N+](=O)[O-])cc(O)c5c4[C@@]2(CCN3CCc2ccccc2)C1O5. The lowest BCUT2D eigenvalue weighted by atomic mass is 9.48. The molecule has 1 saturated heterocycles. The van der Waals surface area contributed by atoms with E-state index >= 15 is 0 Å². The first-order valence-corrected chi connectivity index (χ1v) is 14.4. The Balaban J connectivity index is 1.29. The van der Waals surface area contributed by atoms with E-state index in [4.69, 9.17) is 9.15 Å². The molecule has 2 unspecified atom stereocenters. The monoisotopic (exact) mass is 571 g/mol. The zero-order chi connectivity index (χ0) is 29.2. The van der Waals surface area contributed by atoms with Gasteiger partial charge in [0.1, 0.15) is 6.10 Å². The van der Waals surface area contributed by atoms with Crippen LogP contribution in [0.25, 0.3) is 6.08 Å². The fourth-order valence-electron chi connectivity index (χ4n) is 8.23. The number of rotatable bonds is 7. The van der Waals surface area contributed by atoms with Crippen molar-refractivity contribution in [3.05, 3.63) is 93.4 Å². The maximum absolute atomic E-state index is 13.3. The maximum Gasteiger partial charge on any atom is 0.276 e. The molecule has 0 radical (unpaired) electrons. The number of furan rings is 1. The second-order valence-corrected chi connectivity index (χ2v) is 12.0. The van der Waals surface area contributed by atoms with Crippen molar-refractivity contribution in [2.45, 2.75) is 61.3 Å². The van der Waals surface area contributed by atoms with E-state index in [9.17, 15) is 25.1 Å². The average Bonchev–Trinajstić information content (AvgIpc) is 3.63. The van der Waals surface area contributed by atoms with Crippen LogP contribution < -0.4 is 4.74 Å². The summed E-state index contributed by atoms with van der Waals surface area (Å²) in [5.74, 6) is -0.327. The van der Waals surface area contributed by atoms with Crippen LogP contribution in [0, 0.1) is 10.1 Å². The number of phenolic OH excluding ortho intramolecular Hbond substituents is 1. The van der Waals surface area contributed by atoms with Crippen molar-refractivity contribution < 1.29 is 29.1 Å². The van der Waals surface area contributed by atoms with Gasteiger partial charge in [-0.1, -0.05) is 30.3 Å². The lowest BCUT2D eigenvalue weighted by Crippen LogP contribution is -2.78. The first kappa shape index (κ1) is 26.7. The van der Waals surface area contributed by atoms with Crippen molar-refractivity contribution in [1.82, 2.24) is 9.80 Å². The van der Waals surface area contributed by atoms with Crippen molar-refractivity contribution in [2.75, 3.05) is 20.1 Å². The number of hydrogen-bond donors (Lipinski definition) is 2. The third-order valence-corrected chi connectivity index (χ3v) is 10.2. The number of aromatic hydroxyl groups is 1. The average molecular weight is 572 g/mol. The fraction of sp³-hybridized carbons (Fsp3) is 0.406. The van der Waals surface area contributed by atoms with Gasteiger partial charge in [-0.05, 0) is 56.4 Å². The Bertz CT molecular complexity index is 1570. The summed E-state index contributed by atoms with van der Waals surface area (Å²) in [6.07, 6.45) is 8.02. The summed E-state index contributed by atoms with van der Waals surface area (Å²) in [5.41, 5.74) is 0.621. The molecule has 1 saturated carbocycles. The first-order chi connectivity index (χ1) is 20.2. The van der Waals surface area contributed by atoms with E-state index in [-0.39, 0.29) is 35.6 Å². The normalized spacial score (nSPS) is 29.2. The Hall–Kier alpha value is -4.15. The number of carbonyl (C=O) groups excluding carboxylic acids is 1. The predicted octanol–water partition coefficient (Wildman–Crippen LogP) is 3.83. The lowest BCUT2D eigenvalue weighted by Gasteiger charge is -2.64. The van der Waals surface area contributed by atoms with Crippen LogP contribution in [0.1, 0.15) is 41.5 Å². The summed E-state index contributed by atoms with van der Waals surface area (Å²) < 4.78 is 11.6. The van der Waals surface area contributed by atoms with E-state index in [1.807, 2.05) is 18.2 Å².